The molecule has 2 aromatic rings. The number of tetrazole rings is 1. The molecule has 0 spiro atoms. The van der Waals surface area contributed by atoms with E-state index in [1.807, 2.05) is 11.6 Å². The number of ether oxygens (including phenoxy) is 2. The summed E-state index contributed by atoms with van der Waals surface area (Å²) in [6.45, 7) is 1.84. The van der Waals surface area contributed by atoms with Crippen molar-refractivity contribution in [2.45, 2.75) is 55.5 Å². The number of aromatic nitrogens is 4. The van der Waals surface area contributed by atoms with E-state index in [0.717, 1.165) is 12.8 Å². The molecular formula is C18H25N5O3S. The van der Waals surface area contributed by atoms with Gasteiger partial charge in [0.2, 0.25) is 11.1 Å². The normalized spacial score (nSPS) is 16.0. The van der Waals surface area contributed by atoms with Crippen LogP contribution in [-0.2, 0) is 4.79 Å². The van der Waals surface area contributed by atoms with Crippen molar-refractivity contribution in [2.75, 3.05) is 19.5 Å². The highest BCUT2D eigenvalue weighted by molar-refractivity contribution is 8.00. The lowest BCUT2D eigenvalue weighted by molar-refractivity contribution is -0.115. The second-order valence-electron chi connectivity index (χ2n) is 6.55. The Morgan fingerprint density at radius 3 is 2.48 bits per heavy atom. The van der Waals surface area contributed by atoms with E-state index in [2.05, 4.69) is 20.8 Å². The van der Waals surface area contributed by atoms with Crippen LogP contribution in [0.5, 0.6) is 11.5 Å². The van der Waals surface area contributed by atoms with Crippen LogP contribution in [0.2, 0.25) is 0 Å². The third-order valence-corrected chi connectivity index (χ3v) is 5.70. The summed E-state index contributed by atoms with van der Waals surface area (Å²) in [5.41, 5.74) is 0.621. The Hall–Kier alpha value is -2.29. The zero-order valence-corrected chi connectivity index (χ0v) is 16.7. The number of anilines is 1. The Bertz CT molecular complexity index is 754. The second-order valence-corrected chi connectivity index (χ2v) is 7.86. The van der Waals surface area contributed by atoms with Crippen LogP contribution in [0.15, 0.2) is 23.4 Å². The van der Waals surface area contributed by atoms with Gasteiger partial charge in [0.25, 0.3) is 0 Å². The third kappa shape index (κ3) is 4.91. The molecule has 1 fully saturated rings. The van der Waals surface area contributed by atoms with Crippen molar-refractivity contribution in [1.82, 2.24) is 20.2 Å². The molecule has 1 unspecified atom stereocenters. The lowest BCUT2D eigenvalue weighted by Gasteiger charge is -2.22. The van der Waals surface area contributed by atoms with Gasteiger partial charge in [-0.1, -0.05) is 31.0 Å². The predicted molar refractivity (Wildman–Crippen MR) is 103 cm³/mol. The molecule has 8 nitrogen and oxygen atoms in total. The summed E-state index contributed by atoms with van der Waals surface area (Å²) in [6, 6.07) is 5.59. The molecule has 146 valence electrons. The predicted octanol–water partition coefficient (Wildman–Crippen LogP) is 3.31. The van der Waals surface area contributed by atoms with E-state index in [1.54, 1.807) is 32.4 Å². The van der Waals surface area contributed by atoms with Crippen LogP contribution < -0.4 is 14.8 Å². The molecule has 0 aliphatic heterocycles. The molecule has 1 amide bonds. The molecule has 0 bridgehead atoms. The molecule has 1 aromatic heterocycles. The molecule has 0 saturated heterocycles. The van der Waals surface area contributed by atoms with Crippen molar-refractivity contribution in [1.29, 1.82) is 0 Å². The number of amides is 1. The molecular weight excluding hydrogens is 366 g/mol. The topological polar surface area (TPSA) is 91.2 Å². The van der Waals surface area contributed by atoms with Crippen LogP contribution in [0.25, 0.3) is 0 Å². The number of nitrogens with one attached hydrogen (secondary N) is 1. The van der Waals surface area contributed by atoms with E-state index in [-0.39, 0.29) is 11.2 Å². The first-order valence-electron chi connectivity index (χ1n) is 9.09. The number of carbonyl (C=O) groups excluding carboxylic acids is 1. The Morgan fingerprint density at radius 1 is 1.19 bits per heavy atom. The van der Waals surface area contributed by atoms with Crippen molar-refractivity contribution in [2.24, 2.45) is 0 Å². The van der Waals surface area contributed by atoms with Crippen molar-refractivity contribution in [3.05, 3.63) is 18.2 Å². The van der Waals surface area contributed by atoms with Gasteiger partial charge in [-0.05, 0) is 30.2 Å². The average molecular weight is 391 g/mol. The van der Waals surface area contributed by atoms with Gasteiger partial charge >= 0.3 is 0 Å². The molecule has 1 atom stereocenters. The molecule has 1 aliphatic carbocycles. The van der Waals surface area contributed by atoms with Crippen LogP contribution in [0.3, 0.4) is 0 Å². The van der Waals surface area contributed by atoms with Gasteiger partial charge in [-0.25, -0.2) is 4.68 Å². The van der Waals surface area contributed by atoms with Crippen molar-refractivity contribution < 1.29 is 14.3 Å². The maximum atomic E-state index is 12.6. The van der Waals surface area contributed by atoms with E-state index in [0.29, 0.717) is 28.4 Å². The minimum atomic E-state index is -0.351. The quantitative estimate of drug-likeness (QED) is 0.724. The summed E-state index contributed by atoms with van der Waals surface area (Å²) < 4.78 is 12.4. The Balaban J connectivity index is 1.66. The summed E-state index contributed by atoms with van der Waals surface area (Å²) in [5.74, 6) is 1.10. The molecule has 1 heterocycles. The zero-order chi connectivity index (χ0) is 19.2. The maximum Gasteiger partial charge on any atom is 0.237 e. The number of rotatable bonds is 7. The molecule has 27 heavy (non-hydrogen) atoms. The van der Waals surface area contributed by atoms with Gasteiger partial charge in [-0.2, -0.15) is 0 Å². The monoisotopic (exact) mass is 391 g/mol. The largest absolute Gasteiger partial charge is 0.497 e. The molecule has 1 N–H and O–H groups in total. The molecule has 1 saturated carbocycles. The molecule has 1 aliphatic rings. The number of nitrogens with zero attached hydrogens (tertiary/aromatic N) is 4. The first kappa shape index (κ1) is 19.5. The van der Waals surface area contributed by atoms with Crippen molar-refractivity contribution in [3.63, 3.8) is 0 Å². The van der Waals surface area contributed by atoms with Gasteiger partial charge in [0, 0.05) is 23.9 Å². The van der Waals surface area contributed by atoms with Gasteiger partial charge in [-0.3, -0.25) is 4.79 Å². The number of hydrogen-bond acceptors (Lipinski definition) is 7. The van der Waals surface area contributed by atoms with Gasteiger partial charge in [0.15, 0.2) is 0 Å². The first-order valence-corrected chi connectivity index (χ1v) is 9.97. The van der Waals surface area contributed by atoms with E-state index >= 15 is 0 Å². The van der Waals surface area contributed by atoms with E-state index in [1.165, 1.54) is 31.0 Å². The lowest BCUT2D eigenvalue weighted by Crippen LogP contribution is -2.23. The van der Waals surface area contributed by atoms with E-state index in [9.17, 15) is 4.79 Å². The number of benzene rings is 1. The Kier molecular flexibility index (Phi) is 6.54. The highest BCUT2D eigenvalue weighted by Gasteiger charge is 2.24. The van der Waals surface area contributed by atoms with Crippen LogP contribution in [0, 0.1) is 0 Å². The average Bonchev–Trinajstić information content (AvgIpc) is 3.16. The number of methoxy groups -OCH3 is 2. The van der Waals surface area contributed by atoms with Crippen molar-refractivity contribution in [3.8, 4) is 11.5 Å². The second kappa shape index (κ2) is 9.07. The summed E-state index contributed by atoms with van der Waals surface area (Å²) in [4.78, 5) is 12.6. The summed E-state index contributed by atoms with van der Waals surface area (Å²) in [5, 5.41) is 15.3. The van der Waals surface area contributed by atoms with E-state index in [4.69, 9.17) is 9.47 Å². The molecule has 0 radical (unpaired) electrons. The highest BCUT2D eigenvalue weighted by atomic mass is 32.2. The smallest absolute Gasteiger partial charge is 0.237 e. The third-order valence-electron chi connectivity index (χ3n) is 4.65. The Morgan fingerprint density at radius 2 is 1.85 bits per heavy atom. The van der Waals surface area contributed by atoms with Crippen LogP contribution in [0.4, 0.5) is 5.69 Å². The van der Waals surface area contributed by atoms with Gasteiger partial charge in [0.1, 0.15) is 11.5 Å². The summed E-state index contributed by atoms with van der Waals surface area (Å²) in [6.07, 6.45) is 5.83. The lowest BCUT2D eigenvalue weighted by atomic mass is 9.96. The fourth-order valence-corrected chi connectivity index (χ4v) is 4.01. The number of thioether (sulfide) groups is 1. The fraction of sp³-hybridized carbons (Fsp3) is 0.556. The highest BCUT2D eigenvalue weighted by Crippen LogP contribution is 2.32. The van der Waals surface area contributed by atoms with E-state index < -0.39 is 0 Å². The molecule has 9 heteroatoms. The minimum absolute atomic E-state index is 0.131. The van der Waals surface area contributed by atoms with Gasteiger partial charge in [0.05, 0.1) is 25.5 Å². The van der Waals surface area contributed by atoms with Crippen molar-refractivity contribution >= 4 is 23.4 Å². The van der Waals surface area contributed by atoms with Crippen LogP contribution >= 0.6 is 11.8 Å². The maximum absolute atomic E-state index is 12.6. The summed E-state index contributed by atoms with van der Waals surface area (Å²) >= 11 is 1.37. The first-order chi connectivity index (χ1) is 13.1. The van der Waals surface area contributed by atoms with Crippen LogP contribution in [-0.4, -0.2) is 45.6 Å². The number of hydrogen-bond donors (Lipinski definition) is 1. The number of carbonyl (C=O) groups is 1. The standard InChI is InChI=1S/C18H25N5O3S/c1-12(17(24)19-13-9-15(25-2)11-16(10-13)26-3)27-18-20-21-22-23(18)14-7-5-4-6-8-14/h9-12,14H,4-8H2,1-3H3,(H,19,24). The zero-order valence-electron chi connectivity index (χ0n) is 15.8. The molecule has 3 rings (SSSR count). The fourth-order valence-electron chi connectivity index (χ4n) is 3.15. The van der Waals surface area contributed by atoms with Gasteiger partial charge < -0.3 is 14.8 Å². The Labute approximate surface area is 163 Å². The van der Waals surface area contributed by atoms with Crippen LogP contribution in [0.1, 0.15) is 45.1 Å². The summed E-state index contributed by atoms with van der Waals surface area (Å²) in [7, 11) is 3.15. The SMILES string of the molecule is COc1cc(NC(=O)C(C)Sc2nnnn2C2CCCCC2)cc(OC)c1. The van der Waals surface area contributed by atoms with Gasteiger partial charge in [-0.15, -0.1) is 5.10 Å². The molecule has 1 aromatic carbocycles. The minimum Gasteiger partial charge on any atom is -0.497 e.